The first-order chi connectivity index (χ1) is 5.19. The van der Waals surface area contributed by atoms with Crippen LogP contribution >= 0.6 is 0 Å². The van der Waals surface area contributed by atoms with E-state index in [-0.39, 0.29) is 0 Å². The molecule has 66 valence electrons. The van der Waals surface area contributed by atoms with E-state index in [0.29, 0.717) is 5.54 Å². The molecule has 0 aromatic heterocycles. The summed E-state index contributed by atoms with van der Waals surface area (Å²) in [6.45, 7) is 8.07. The van der Waals surface area contributed by atoms with Crippen molar-refractivity contribution in [3.05, 3.63) is 0 Å². The Kier molecular flexibility index (Phi) is 2.94. The van der Waals surface area contributed by atoms with Gasteiger partial charge in [0, 0.05) is 5.54 Å². The Bertz CT molecular complexity index is 118. The minimum Gasteiger partial charge on any atom is -0.312 e. The Hall–Kier alpha value is -0.0400. The fourth-order valence-electron chi connectivity index (χ4n) is 2.17. The van der Waals surface area contributed by atoms with Crippen molar-refractivity contribution < 1.29 is 0 Å². The van der Waals surface area contributed by atoms with Crippen molar-refractivity contribution in [1.29, 1.82) is 0 Å². The van der Waals surface area contributed by atoms with Crippen molar-refractivity contribution in [3.8, 4) is 0 Å². The van der Waals surface area contributed by atoms with Gasteiger partial charge in [-0.1, -0.05) is 26.7 Å². The van der Waals surface area contributed by atoms with Gasteiger partial charge in [0.15, 0.2) is 0 Å². The smallest absolute Gasteiger partial charge is 0.0178 e. The fourth-order valence-corrected chi connectivity index (χ4v) is 2.17. The van der Waals surface area contributed by atoms with Crippen molar-refractivity contribution in [2.75, 3.05) is 6.54 Å². The largest absolute Gasteiger partial charge is 0.312 e. The Morgan fingerprint density at radius 2 is 2.18 bits per heavy atom. The van der Waals surface area contributed by atoms with Crippen LogP contribution in [0.5, 0.6) is 0 Å². The first-order valence-corrected chi connectivity index (χ1v) is 4.94. The predicted octanol–water partition coefficient (Wildman–Crippen LogP) is 2.56. The lowest BCUT2D eigenvalue weighted by Gasteiger charge is -2.40. The quantitative estimate of drug-likeness (QED) is 0.646. The van der Waals surface area contributed by atoms with Gasteiger partial charge >= 0.3 is 0 Å². The van der Waals surface area contributed by atoms with E-state index in [1.807, 2.05) is 0 Å². The summed E-state index contributed by atoms with van der Waals surface area (Å²) in [6, 6.07) is 0. The maximum Gasteiger partial charge on any atom is 0.0178 e. The Labute approximate surface area is 70.6 Å². The van der Waals surface area contributed by atoms with Gasteiger partial charge in [0.05, 0.1) is 0 Å². The van der Waals surface area contributed by atoms with Gasteiger partial charge in [0.2, 0.25) is 0 Å². The van der Waals surface area contributed by atoms with Crippen LogP contribution in [-0.2, 0) is 0 Å². The second-order valence-corrected chi connectivity index (χ2v) is 4.09. The minimum absolute atomic E-state index is 0.437. The number of hydrogen-bond acceptors (Lipinski definition) is 1. The second-order valence-electron chi connectivity index (χ2n) is 4.09. The third kappa shape index (κ3) is 1.96. The summed E-state index contributed by atoms with van der Waals surface area (Å²) in [4.78, 5) is 0. The van der Waals surface area contributed by atoms with E-state index in [1.165, 1.54) is 25.7 Å². The number of nitrogens with one attached hydrogen (secondary N) is 1. The van der Waals surface area contributed by atoms with Crippen LogP contribution in [0.3, 0.4) is 0 Å². The molecule has 0 aromatic carbocycles. The molecule has 0 saturated heterocycles. The molecule has 1 saturated carbocycles. The van der Waals surface area contributed by atoms with Crippen molar-refractivity contribution in [1.82, 2.24) is 5.32 Å². The molecule has 1 aliphatic carbocycles. The molecule has 0 aliphatic heterocycles. The Morgan fingerprint density at radius 1 is 1.45 bits per heavy atom. The molecule has 1 nitrogen and oxygen atoms in total. The molecule has 1 N–H and O–H groups in total. The summed E-state index contributed by atoms with van der Waals surface area (Å²) in [5, 5.41) is 3.61. The lowest BCUT2D eigenvalue weighted by atomic mass is 9.75. The molecule has 0 aromatic rings. The molecule has 1 fully saturated rings. The van der Waals surface area contributed by atoms with Gasteiger partial charge in [-0.3, -0.25) is 0 Å². The van der Waals surface area contributed by atoms with Gasteiger partial charge in [0.25, 0.3) is 0 Å². The summed E-state index contributed by atoms with van der Waals surface area (Å²) < 4.78 is 0. The molecular weight excluding hydrogens is 134 g/mol. The van der Waals surface area contributed by atoms with Gasteiger partial charge in [0.1, 0.15) is 0 Å². The van der Waals surface area contributed by atoms with E-state index in [4.69, 9.17) is 0 Å². The van der Waals surface area contributed by atoms with Crippen LogP contribution in [0, 0.1) is 5.92 Å². The molecule has 1 heteroatoms. The van der Waals surface area contributed by atoms with Crippen LogP contribution in [0.4, 0.5) is 0 Å². The molecule has 1 rings (SSSR count). The van der Waals surface area contributed by atoms with E-state index >= 15 is 0 Å². The van der Waals surface area contributed by atoms with Gasteiger partial charge < -0.3 is 5.32 Å². The van der Waals surface area contributed by atoms with E-state index in [9.17, 15) is 0 Å². The van der Waals surface area contributed by atoms with Gasteiger partial charge in [-0.15, -0.1) is 0 Å². The molecule has 0 heterocycles. The first kappa shape index (κ1) is 9.05. The number of rotatable bonds is 2. The van der Waals surface area contributed by atoms with Crippen molar-refractivity contribution in [3.63, 3.8) is 0 Å². The van der Waals surface area contributed by atoms with Crippen LogP contribution in [0.2, 0.25) is 0 Å². The molecule has 11 heavy (non-hydrogen) atoms. The summed E-state index contributed by atoms with van der Waals surface area (Å²) >= 11 is 0. The first-order valence-electron chi connectivity index (χ1n) is 4.94. The van der Waals surface area contributed by atoms with Gasteiger partial charge in [-0.05, 0) is 32.2 Å². The van der Waals surface area contributed by atoms with Crippen molar-refractivity contribution in [2.24, 2.45) is 5.92 Å². The molecule has 2 atom stereocenters. The standard InChI is InChI=1S/C10H21N/c1-4-11-10(3)8-6-5-7-9(10)2/h9,11H,4-8H2,1-3H3/t9?,10-/m0/s1. The highest BCUT2D eigenvalue weighted by Gasteiger charge is 2.31. The molecule has 0 radical (unpaired) electrons. The summed E-state index contributed by atoms with van der Waals surface area (Å²) in [6.07, 6.45) is 5.61. The predicted molar refractivity (Wildman–Crippen MR) is 49.7 cm³/mol. The minimum atomic E-state index is 0.437. The van der Waals surface area contributed by atoms with E-state index in [0.717, 1.165) is 12.5 Å². The van der Waals surface area contributed by atoms with Crippen LogP contribution in [0.25, 0.3) is 0 Å². The average Bonchev–Trinajstić information content (AvgIpc) is 1.96. The lowest BCUT2D eigenvalue weighted by Crippen LogP contribution is -2.49. The normalized spacial score (nSPS) is 39.0. The third-order valence-electron chi connectivity index (χ3n) is 3.25. The zero-order valence-electron chi connectivity index (χ0n) is 8.11. The summed E-state index contributed by atoms with van der Waals surface area (Å²) in [5.74, 6) is 0.858. The van der Waals surface area contributed by atoms with E-state index < -0.39 is 0 Å². The third-order valence-corrected chi connectivity index (χ3v) is 3.25. The van der Waals surface area contributed by atoms with Gasteiger partial charge in [-0.2, -0.15) is 0 Å². The van der Waals surface area contributed by atoms with Gasteiger partial charge in [-0.25, -0.2) is 0 Å². The zero-order valence-corrected chi connectivity index (χ0v) is 8.11. The Morgan fingerprint density at radius 3 is 2.73 bits per heavy atom. The topological polar surface area (TPSA) is 12.0 Å². The molecule has 0 spiro atoms. The SMILES string of the molecule is CCN[C@@]1(C)CCCCC1C. The fraction of sp³-hybridized carbons (Fsp3) is 1.00. The maximum absolute atomic E-state index is 3.61. The maximum atomic E-state index is 3.61. The molecule has 1 unspecified atom stereocenters. The zero-order chi connectivity index (χ0) is 8.32. The highest BCUT2D eigenvalue weighted by Crippen LogP contribution is 2.32. The molecule has 0 amide bonds. The van der Waals surface area contributed by atoms with E-state index in [1.54, 1.807) is 0 Å². The lowest BCUT2D eigenvalue weighted by molar-refractivity contribution is 0.177. The second kappa shape index (κ2) is 3.57. The monoisotopic (exact) mass is 155 g/mol. The highest BCUT2D eigenvalue weighted by atomic mass is 15.0. The summed E-state index contributed by atoms with van der Waals surface area (Å²) in [7, 11) is 0. The molecule has 1 aliphatic rings. The summed E-state index contributed by atoms with van der Waals surface area (Å²) in [5.41, 5.74) is 0.437. The van der Waals surface area contributed by atoms with Crippen LogP contribution < -0.4 is 5.32 Å². The van der Waals surface area contributed by atoms with Crippen molar-refractivity contribution in [2.45, 2.75) is 52.0 Å². The van der Waals surface area contributed by atoms with Crippen LogP contribution in [0.15, 0.2) is 0 Å². The average molecular weight is 155 g/mol. The van der Waals surface area contributed by atoms with E-state index in [2.05, 4.69) is 26.1 Å². The highest BCUT2D eigenvalue weighted by molar-refractivity contribution is 4.90. The Balaban J connectivity index is 2.49. The van der Waals surface area contributed by atoms with Crippen molar-refractivity contribution >= 4 is 0 Å². The molecular formula is C10H21N. The molecule has 0 bridgehead atoms. The van der Waals surface area contributed by atoms with Crippen LogP contribution in [-0.4, -0.2) is 12.1 Å². The van der Waals surface area contributed by atoms with Crippen LogP contribution in [0.1, 0.15) is 46.5 Å². The number of hydrogen-bond donors (Lipinski definition) is 1.